The van der Waals surface area contributed by atoms with E-state index in [0.717, 1.165) is 25.9 Å². The SMILES string of the molecule is CC(C)C12CCCN1CCC2F. The van der Waals surface area contributed by atoms with Gasteiger partial charge in [0.2, 0.25) is 0 Å². The van der Waals surface area contributed by atoms with Crippen LogP contribution in [0.3, 0.4) is 0 Å². The van der Waals surface area contributed by atoms with E-state index >= 15 is 0 Å². The van der Waals surface area contributed by atoms with Gasteiger partial charge in [0.25, 0.3) is 0 Å². The Morgan fingerprint density at radius 1 is 1.42 bits per heavy atom. The first-order valence-corrected chi connectivity index (χ1v) is 5.07. The molecular weight excluding hydrogens is 153 g/mol. The second kappa shape index (κ2) is 2.69. The summed E-state index contributed by atoms with van der Waals surface area (Å²) in [5, 5.41) is 0. The molecule has 2 atom stereocenters. The van der Waals surface area contributed by atoms with Gasteiger partial charge < -0.3 is 0 Å². The first-order valence-electron chi connectivity index (χ1n) is 5.07. The van der Waals surface area contributed by atoms with Crippen molar-refractivity contribution in [2.75, 3.05) is 13.1 Å². The molecule has 0 radical (unpaired) electrons. The van der Waals surface area contributed by atoms with Crippen LogP contribution >= 0.6 is 0 Å². The molecular formula is C10H18FN. The molecule has 2 heteroatoms. The highest BCUT2D eigenvalue weighted by Gasteiger charge is 2.53. The highest BCUT2D eigenvalue weighted by molar-refractivity contribution is 5.07. The van der Waals surface area contributed by atoms with Gasteiger partial charge in [0.1, 0.15) is 6.17 Å². The molecule has 0 aromatic rings. The summed E-state index contributed by atoms with van der Waals surface area (Å²) in [6, 6.07) is 0. The molecule has 2 rings (SSSR count). The summed E-state index contributed by atoms with van der Waals surface area (Å²) < 4.78 is 13.7. The molecule has 0 aromatic heterocycles. The predicted molar refractivity (Wildman–Crippen MR) is 47.9 cm³/mol. The zero-order chi connectivity index (χ0) is 8.77. The van der Waals surface area contributed by atoms with E-state index < -0.39 is 6.17 Å². The molecule has 12 heavy (non-hydrogen) atoms. The van der Waals surface area contributed by atoms with Crippen molar-refractivity contribution < 1.29 is 4.39 Å². The normalized spacial score (nSPS) is 42.5. The number of hydrogen-bond acceptors (Lipinski definition) is 1. The molecule has 2 aliphatic heterocycles. The van der Waals surface area contributed by atoms with E-state index in [-0.39, 0.29) is 5.54 Å². The van der Waals surface area contributed by atoms with Crippen molar-refractivity contribution >= 4 is 0 Å². The number of halogens is 1. The highest BCUT2D eigenvalue weighted by atomic mass is 19.1. The Labute approximate surface area is 73.9 Å². The van der Waals surface area contributed by atoms with Crippen molar-refractivity contribution in [3.05, 3.63) is 0 Å². The molecule has 1 nitrogen and oxygen atoms in total. The molecule has 2 heterocycles. The van der Waals surface area contributed by atoms with E-state index in [4.69, 9.17) is 0 Å². The van der Waals surface area contributed by atoms with E-state index in [0.29, 0.717) is 5.92 Å². The van der Waals surface area contributed by atoms with Crippen molar-refractivity contribution in [3.63, 3.8) is 0 Å². The van der Waals surface area contributed by atoms with Crippen LogP contribution in [-0.4, -0.2) is 29.7 Å². The van der Waals surface area contributed by atoms with E-state index in [1.807, 2.05) is 0 Å². The number of nitrogens with zero attached hydrogens (tertiary/aromatic N) is 1. The summed E-state index contributed by atoms with van der Waals surface area (Å²) in [6.45, 7) is 6.43. The summed E-state index contributed by atoms with van der Waals surface area (Å²) in [4.78, 5) is 2.38. The Kier molecular flexibility index (Phi) is 1.90. The molecule has 2 unspecified atom stereocenters. The molecule has 0 amide bonds. The second-order valence-corrected chi connectivity index (χ2v) is 4.49. The van der Waals surface area contributed by atoms with Crippen LogP contribution < -0.4 is 0 Å². The van der Waals surface area contributed by atoms with E-state index in [9.17, 15) is 4.39 Å². The standard InChI is InChI=1S/C10H18FN/c1-8(2)10-5-3-6-12(10)7-4-9(10)11/h8-9H,3-7H2,1-2H3. The fourth-order valence-corrected chi connectivity index (χ4v) is 3.13. The van der Waals surface area contributed by atoms with Crippen molar-refractivity contribution in [1.82, 2.24) is 4.90 Å². The van der Waals surface area contributed by atoms with E-state index in [1.165, 1.54) is 6.42 Å². The average molecular weight is 171 g/mol. The van der Waals surface area contributed by atoms with Crippen molar-refractivity contribution in [3.8, 4) is 0 Å². The fourth-order valence-electron chi connectivity index (χ4n) is 3.13. The van der Waals surface area contributed by atoms with Gasteiger partial charge in [-0.3, -0.25) is 4.90 Å². The largest absolute Gasteiger partial charge is 0.294 e. The van der Waals surface area contributed by atoms with Crippen molar-refractivity contribution in [2.45, 2.75) is 44.8 Å². The smallest absolute Gasteiger partial charge is 0.120 e. The summed E-state index contributed by atoms with van der Waals surface area (Å²) in [5.41, 5.74) is -0.0694. The Hall–Kier alpha value is -0.110. The maximum Gasteiger partial charge on any atom is 0.120 e. The third-order valence-corrected chi connectivity index (χ3v) is 3.79. The van der Waals surface area contributed by atoms with Crippen LogP contribution in [0, 0.1) is 5.92 Å². The number of alkyl halides is 1. The lowest BCUT2D eigenvalue weighted by Crippen LogP contribution is -2.48. The van der Waals surface area contributed by atoms with Gasteiger partial charge >= 0.3 is 0 Å². The van der Waals surface area contributed by atoms with E-state index in [2.05, 4.69) is 18.7 Å². The molecule has 2 fully saturated rings. The van der Waals surface area contributed by atoms with Gasteiger partial charge in [-0.2, -0.15) is 0 Å². The number of rotatable bonds is 1. The maximum atomic E-state index is 13.7. The van der Waals surface area contributed by atoms with Crippen LogP contribution in [0.2, 0.25) is 0 Å². The molecule has 2 aliphatic rings. The van der Waals surface area contributed by atoms with Crippen LogP contribution in [0.15, 0.2) is 0 Å². The summed E-state index contributed by atoms with van der Waals surface area (Å²) >= 11 is 0. The third-order valence-electron chi connectivity index (χ3n) is 3.79. The van der Waals surface area contributed by atoms with Crippen LogP contribution in [0.5, 0.6) is 0 Å². The van der Waals surface area contributed by atoms with Gasteiger partial charge in [-0.05, 0) is 31.7 Å². The second-order valence-electron chi connectivity index (χ2n) is 4.49. The minimum atomic E-state index is -0.569. The summed E-state index contributed by atoms with van der Waals surface area (Å²) in [6.07, 6.45) is 2.46. The molecule has 0 saturated carbocycles. The molecule has 70 valence electrons. The van der Waals surface area contributed by atoms with Crippen LogP contribution in [0.25, 0.3) is 0 Å². The molecule has 0 aliphatic carbocycles. The minimum Gasteiger partial charge on any atom is -0.294 e. The lowest BCUT2D eigenvalue weighted by Gasteiger charge is -2.37. The van der Waals surface area contributed by atoms with Gasteiger partial charge in [-0.1, -0.05) is 13.8 Å². The molecule has 0 aromatic carbocycles. The number of hydrogen-bond donors (Lipinski definition) is 0. The lowest BCUT2D eigenvalue weighted by atomic mass is 9.81. The Balaban J connectivity index is 2.27. The van der Waals surface area contributed by atoms with Crippen LogP contribution in [-0.2, 0) is 0 Å². The van der Waals surface area contributed by atoms with E-state index in [1.54, 1.807) is 0 Å². The fraction of sp³-hybridized carbons (Fsp3) is 1.00. The van der Waals surface area contributed by atoms with Crippen LogP contribution in [0.4, 0.5) is 4.39 Å². The monoisotopic (exact) mass is 171 g/mol. The Morgan fingerprint density at radius 3 is 2.75 bits per heavy atom. The lowest BCUT2D eigenvalue weighted by molar-refractivity contribution is 0.0696. The summed E-state index contributed by atoms with van der Waals surface area (Å²) in [7, 11) is 0. The van der Waals surface area contributed by atoms with Gasteiger partial charge in [0, 0.05) is 6.54 Å². The first kappa shape index (κ1) is 8.49. The average Bonchev–Trinajstić information content (AvgIpc) is 2.52. The topological polar surface area (TPSA) is 3.24 Å². The Bertz CT molecular complexity index is 181. The number of fused-ring (bicyclic) bond motifs is 1. The van der Waals surface area contributed by atoms with Gasteiger partial charge in [0.05, 0.1) is 5.54 Å². The molecule has 0 spiro atoms. The molecule has 0 bridgehead atoms. The van der Waals surface area contributed by atoms with Crippen molar-refractivity contribution in [1.29, 1.82) is 0 Å². The molecule has 2 saturated heterocycles. The zero-order valence-electron chi connectivity index (χ0n) is 8.02. The third kappa shape index (κ3) is 0.875. The van der Waals surface area contributed by atoms with Gasteiger partial charge in [0.15, 0.2) is 0 Å². The molecule has 0 N–H and O–H groups in total. The first-order chi connectivity index (χ1) is 5.68. The predicted octanol–water partition coefficient (Wildman–Crippen LogP) is 2.22. The maximum absolute atomic E-state index is 13.7. The summed E-state index contributed by atoms with van der Waals surface area (Å²) in [5.74, 6) is 0.470. The Morgan fingerprint density at radius 2 is 2.17 bits per heavy atom. The quantitative estimate of drug-likeness (QED) is 0.584. The van der Waals surface area contributed by atoms with Gasteiger partial charge in [-0.15, -0.1) is 0 Å². The van der Waals surface area contributed by atoms with Crippen LogP contribution in [0.1, 0.15) is 33.1 Å². The highest BCUT2D eigenvalue weighted by Crippen LogP contribution is 2.45. The minimum absolute atomic E-state index is 0.0694. The van der Waals surface area contributed by atoms with Crippen molar-refractivity contribution in [2.24, 2.45) is 5.92 Å². The zero-order valence-corrected chi connectivity index (χ0v) is 8.02. The van der Waals surface area contributed by atoms with Gasteiger partial charge in [-0.25, -0.2) is 4.39 Å².